The first-order valence-corrected chi connectivity index (χ1v) is 6.87. The number of hydrogen-bond acceptors (Lipinski definition) is 2. The van der Waals surface area contributed by atoms with E-state index in [-0.39, 0.29) is 12.6 Å². The summed E-state index contributed by atoms with van der Waals surface area (Å²) in [5, 5.41) is 0. The summed E-state index contributed by atoms with van der Waals surface area (Å²) >= 11 is 4.57. The minimum absolute atomic E-state index is 0.0799. The average molecular weight is 282 g/mol. The van der Waals surface area contributed by atoms with Crippen LogP contribution < -0.4 is 5.73 Å². The second-order valence-electron chi connectivity index (χ2n) is 4.93. The highest BCUT2D eigenvalue weighted by Crippen LogP contribution is 2.30. The van der Waals surface area contributed by atoms with Gasteiger partial charge in [0.25, 0.3) is 0 Å². The van der Waals surface area contributed by atoms with Crippen LogP contribution in [0.5, 0.6) is 0 Å². The van der Waals surface area contributed by atoms with Crippen molar-refractivity contribution in [3.63, 3.8) is 0 Å². The molecule has 1 saturated heterocycles. The molecule has 0 aromatic rings. The largest absolute Gasteiger partial charge is 0.399 e. The van der Waals surface area contributed by atoms with E-state index >= 15 is 0 Å². The summed E-state index contributed by atoms with van der Waals surface area (Å²) in [6.45, 7) is 2.70. The molecule has 106 valence electrons. The van der Waals surface area contributed by atoms with Crippen molar-refractivity contribution in [2.75, 3.05) is 13.1 Å². The van der Waals surface area contributed by atoms with Crippen LogP contribution in [0.4, 0.5) is 13.2 Å². The quantitative estimate of drug-likeness (QED) is 0.786. The highest BCUT2D eigenvalue weighted by molar-refractivity contribution is 7.80. The van der Waals surface area contributed by atoms with E-state index in [1.54, 1.807) is 0 Å². The van der Waals surface area contributed by atoms with Gasteiger partial charge in [0.15, 0.2) is 0 Å². The fraction of sp³-hybridized carbons (Fsp3) is 0.917. The third-order valence-electron chi connectivity index (χ3n) is 3.53. The first kappa shape index (κ1) is 15.7. The lowest BCUT2D eigenvalue weighted by Gasteiger charge is -2.38. The summed E-state index contributed by atoms with van der Waals surface area (Å²) in [7, 11) is 0. The van der Waals surface area contributed by atoms with Gasteiger partial charge in [-0.2, -0.15) is 13.2 Å². The first-order chi connectivity index (χ1) is 8.36. The zero-order chi connectivity index (χ0) is 13.8. The molecule has 18 heavy (non-hydrogen) atoms. The number of piperidine rings is 1. The van der Waals surface area contributed by atoms with E-state index in [4.69, 9.17) is 5.73 Å². The predicted molar refractivity (Wildman–Crippen MR) is 70.5 cm³/mol. The molecule has 0 bridgehead atoms. The zero-order valence-electron chi connectivity index (χ0n) is 10.7. The lowest BCUT2D eigenvalue weighted by molar-refractivity contribution is -0.161. The van der Waals surface area contributed by atoms with Gasteiger partial charge in [-0.15, -0.1) is 0 Å². The predicted octanol–water partition coefficient (Wildman–Crippen LogP) is 3.11. The van der Waals surface area contributed by atoms with Crippen LogP contribution in [0.25, 0.3) is 0 Å². The van der Waals surface area contributed by atoms with Crippen LogP contribution in [0.1, 0.15) is 39.0 Å². The number of alkyl halides is 3. The molecule has 2 atom stereocenters. The molecule has 0 amide bonds. The highest BCUT2D eigenvalue weighted by Gasteiger charge is 2.43. The van der Waals surface area contributed by atoms with Gasteiger partial charge in [0.2, 0.25) is 0 Å². The van der Waals surface area contributed by atoms with Crippen LogP contribution in [-0.4, -0.2) is 35.2 Å². The number of nitrogens with zero attached hydrogens (tertiary/aromatic N) is 1. The van der Waals surface area contributed by atoms with Gasteiger partial charge >= 0.3 is 6.18 Å². The molecule has 0 saturated carbocycles. The van der Waals surface area contributed by atoms with Crippen LogP contribution in [0, 0.1) is 5.92 Å². The number of halogens is 3. The van der Waals surface area contributed by atoms with Crippen molar-refractivity contribution in [2.45, 2.75) is 51.2 Å². The maximum Gasteiger partial charge on any atom is 0.399 e. The molecule has 0 spiro atoms. The lowest BCUT2D eigenvalue weighted by atomic mass is 9.96. The Hall–Kier alpha value is -0.360. The maximum atomic E-state index is 12.8. The fourth-order valence-corrected chi connectivity index (χ4v) is 2.76. The van der Waals surface area contributed by atoms with E-state index in [1.807, 2.05) is 4.90 Å². The average Bonchev–Trinajstić information content (AvgIpc) is 2.26. The fourth-order valence-electron chi connectivity index (χ4n) is 2.55. The summed E-state index contributed by atoms with van der Waals surface area (Å²) in [5.74, 6) is -1.68. The number of rotatable bonds is 5. The molecule has 2 N–H and O–H groups in total. The molecule has 1 fully saturated rings. The van der Waals surface area contributed by atoms with Gasteiger partial charge in [0.1, 0.15) is 5.92 Å². The molecule has 1 heterocycles. The third kappa shape index (κ3) is 4.39. The molecule has 6 heteroatoms. The summed E-state index contributed by atoms with van der Waals surface area (Å²) in [5.41, 5.74) is 5.24. The monoisotopic (exact) mass is 282 g/mol. The molecule has 0 aromatic carbocycles. The van der Waals surface area contributed by atoms with Gasteiger partial charge in [-0.05, 0) is 25.8 Å². The Bertz CT molecular complexity index is 279. The number of thiocarbonyl (C=S) groups is 1. The Labute approximate surface area is 112 Å². The Morgan fingerprint density at radius 2 is 2.11 bits per heavy atom. The van der Waals surface area contributed by atoms with Crippen LogP contribution in [-0.2, 0) is 0 Å². The molecule has 0 aliphatic carbocycles. The maximum absolute atomic E-state index is 12.8. The van der Waals surface area contributed by atoms with Gasteiger partial charge in [-0.25, -0.2) is 0 Å². The molecular weight excluding hydrogens is 261 g/mol. The van der Waals surface area contributed by atoms with E-state index < -0.39 is 17.1 Å². The Morgan fingerprint density at radius 3 is 2.61 bits per heavy atom. The molecule has 1 rings (SSSR count). The Morgan fingerprint density at radius 1 is 1.44 bits per heavy atom. The molecular formula is C12H21F3N2S. The number of likely N-dealkylation sites (tertiary alicyclic amines) is 1. The lowest BCUT2D eigenvalue weighted by Crippen LogP contribution is -2.48. The Balaban J connectivity index is 2.69. The summed E-state index contributed by atoms with van der Waals surface area (Å²) < 4.78 is 38.5. The van der Waals surface area contributed by atoms with E-state index in [9.17, 15) is 13.2 Å². The van der Waals surface area contributed by atoms with Crippen LogP contribution in [0.15, 0.2) is 0 Å². The van der Waals surface area contributed by atoms with E-state index in [1.165, 1.54) is 0 Å². The highest BCUT2D eigenvalue weighted by atomic mass is 32.1. The zero-order valence-corrected chi connectivity index (χ0v) is 11.5. The van der Waals surface area contributed by atoms with E-state index in [0.717, 1.165) is 38.6 Å². The smallest absolute Gasteiger partial charge is 0.393 e. The summed E-state index contributed by atoms with van der Waals surface area (Å²) in [6.07, 6.45) is 0.648. The van der Waals surface area contributed by atoms with Crippen LogP contribution >= 0.6 is 12.2 Å². The van der Waals surface area contributed by atoms with Gasteiger partial charge in [-0.1, -0.05) is 32.0 Å². The van der Waals surface area contributed by atoms with Crippen molar-refractivity contribution < 1.29 is 13.2 Å². The summed E-state index contributed by atoms with van der Waals surface area (Å²) in [6, 6.07) is 0.253. The van der Waals surface area contributed by atoms with E-state index in [2.05, 4.69) is 19.1 Å². The molecule has 1 aliphatic rings. The molecule has 0 aromatic heterocycles. The van der Waals surface area contributed by atoms with Crippen molar-refractivity contribution in [1.82, 2.24) is 4.90 Å². The van der Waals surface area contributed by atoms with Crippen molar-refractivity contribution >= 4 is 17.2 Å². The van der Waals surface area contributed by atoms with Crippen LogP contribution in [0.2, 0.25) is 0 Å². The third-order valence-corrected chi connectivity index (χ3v) is 3.81. The van der Waals surface area contributed by atoms with Gasteiger partial charge < -0.3 is 5.73 Å². The minimum Gasteiger partial charge on any atom is -0.393 e. The summed E-state index contributed by atoms with van der Waals surface area (Å²) in [4.78, 5) is 1.48. The van der Waals surface area contributed by atoms with Gasteiger partial charge in [-0.3, -0.25) is 4.90 Å². The normalized spacial score (nSPS) is 23.9. The minimum atomic E-state index is -4.33. The van der Waals surface area contributed by atoms with Crippen molar-refractivity contribution in [3.05, 3.63) is 0 Å². The second kappa shape index (κ2) is 6.70. The van der Waals surface area contributed by atoms with Crippen molar-refractivity contribution in [2.24, 2.45) is 11.7 Å². The molecule has 2 nitrogen and oxygen atoms in total. The van der Waals surface area contributed by atoms with Crippen LogP contribution in [0.3, 0.4) is 0 Å². The molecule has 1 aliphatic heterocycles. The van der Waals surface area contributed by atoms with Gasteiger partial charge in [0, 0.05) is 12.6 Å². The second-order valence-corrected chi connectivity index (χ2v) is 5.40. The van der Waals surface area contributed by atoms with Gasteiger partial charge in [0.05, 0.1) is 4.99 Å². The van der Waals surface area contributed by atoms with E-state index in [0.29, 0.717) is 0 Å². The topological polar surface area (TPSA) is 29.3 Å². The number of hydrogen-bond donors (Lipinski definition) is 1. The van der Waals surface area contributed by atoms with Crippen molar-refractivity contribution in [3.8, 4) is 0 Å². The standard InChI is InChI=1S/C12H21F3N2S/c1-2-5-9-6-3-4-7-17(9)8-10(11(16)18)12(13,14)15/h9-10H,2-8H2,1H3,(H2,16,18). The Kier molecular flexibility index (Phi) is 5.85. The molecule has 0 radical (unpaired) electrons. The number of nitrogens with two attached hydrogens (primary N) is 1. The SMILES string of the molecule is CCCC1CCCCN1CC(C(N)=S)C(F)(F)F. The molecule has 2 unspecified atom stereocenters. The van der Waals surface area contributed by atoms with Crippen molar-refractivity contribution in [1.29, 1.82) is 0 Å². The first-order valence-electron chi connectivity index (χ1n) is 6.46.